The zero-order chi connectivity index (χ0) is 13.7. The maximum absolute atomic E-state index is 5.23. The Morgan fingerprint density at radius 3 is 2.68 bits per heavy atom. The lowest BCUT2D eigenvalue weighted by Gasteiger charge is -2.08. The van der Waals surface area contributed by atoms with Crippen molar-refractivity contribution in [2.75, 3.05) is 14.2 Å². The van der Waals surface area contributed by atoms with E-state index in [2.05, 4.69) is 15.0 Å². The Bertz CT molecular complexity index is 542. The Morgan fingerprint density at radius 1 is 1.21 bits per heavy atom. The highest BCUT2D eigenvalue weighted by Crippen LogP contribution is 2.28. The van der Waals surface area contributed by atoms with Gasteiger partial charge in [-0.2, -0.15) is 4.98 Å². The topological polar surface area (TPSA) is 92.6 Å². The van der Waals surface area contributed by atoms with Crippen molar-refractivity contribution in [2.24, 2.45) is 5.90 Å². The van der Waals surface area contributed by atoms with E-state index < -0.39 is 0 Å². The van der Waals surface area contributed by atoms with Crippen molar-refractivity contribution in [2.45, 2.75) is 13.0 Å². The van der Waals surface area contributed by atoms with Crippen LogP contribution in [0.5, 0.6) is 11.5 Å². The molecule has 0 saturated heterocycles. The van der Waals surface area contributed by atoms with Gasteiger partial charge < -0.3 is 14.0 Å². The monoisotopic (exact) mass is 265 g/mol. The third-order valence-electron chi connectivity index (χ3n) is 2.53. The van der Waals surface area contributed by atoms with Gasteiger partial charge in [-0.25, -0.2) is 5.90 Å². The summed E-state index contributed by atoms with van der Waals surface area (Å²) in [6.45, 7) is 0.0962. The summed E-state index contributed by atoms with van der Waals surface area (Å²) in [5.41, 5.74) is 0.985. The number of nitrogens with zero attached hydrogens (tertiary/aromatic N) is 2. The SMILES string of the molecule is COc1ccc(Cc2noc(CON)n2)cc1OC. The van der Waals surface area contributed by atoms with Crippen LogP contribution in [0.3, 0.4) is 0 Å². The molecule has 2 rings (SSSR count). The van der Waals surface area contributed by atoms with E-state index in [1.165, 1.54) is 0 Å². The standard InChI is InChI=1S/C12H15N3O4/c1-16-9-4-3-8(5-10(9)17-2)6-11-14-12(7-18-13)19-15-11/h3-5H,6-7,13H2,1-2H3. The summed E-state index contributed by atoms with van der Waals surface area (Å²) >= 11 is 0. The lowest BCUT2D eigenvalue weighted by molar-refractivity contribution is 0.0995. The second-order valence-electron chi connectivity index (χ2n) is 3.78. The molecule has 0 unspecified atom stereocenters. The summed E-state index contributed by atoms with van der Waals surface area (Å²) in [4.78, 5) is 8.56. The van der Waals surface area contributed by atoms with Gasteiger partial charge in [0.15, 0.2) is 17.3 Å². The second kappa shape index (κ2) is 6.17. The molecule has 0 amide bonds. The number of ether oxygens (including phenoxy) is 2. The Balaban J connectivity index is 2.13. The molecule has 0 radical (unpaired) electrons. The fourth-order valence-electron chi connectivity index (χ4n) is 1.67. The first-order valence-corrected chi connectivity index (χ1v) is 5.61. The van der Waals surface area contributed by atoms with Gasteiger partial charge in [0.1, 0.15) is 6.61 Å². The highest BCUT2D eigenvalue weighted by atomic mass is 16.6. The van der Waals surface area contributed by atoms with E-state index in [1.807, 2.05) is 18.2 Å². The van der Waals surface area contributed by atoms with Crippen LogP contribution in [-0.2, 0) is 17.9 Å². The molecular formula is C12H15N3O4. The molecule has 0 bridgehead atoms. The maximum Gasteiger partial charge on any atom is 0.254 e. The Hall–Kier alpha value is -2.12. The number of nitrogens with two attached hydrogens (primary N) is 1. The maximum atomic E-state index is 5.23. The first-order chi connectivity index (χ1) is 9.26. The highest BCUT2D eigenvalue weighted by molar-refractivity contribution is 5.43. The molecule has 0 aliphatic heterocycles. The highest BCUT2D eigenvalue weighted by Gasteiger charge is 2.09. The number of benzene rings is 1. The molecule has 1 aromatic heterocycles. The zero-order valence-electron chi connectivity index (χ0n) is 10.8. The Kier molecular flexibility index (Phi) is 4.32. The minimum Gasteiger partial charge on any atom is -0.493 e. The zero-order valence-corrected chi connectivity index (χ0v) is 10.8. The van der Waals surface area contributed by atoms with E-state index in [1.54, 1.807) is 14.2 Å². The molecule has 7 heteroatoms. The first-order valence-electron chi connectivity index (χ1n) is 5.61. The lowest BCUT2D eigenvalue weighted by Crippen LogP contribution is -1.99. The summed E-state index contributed by atoms with van der Waals surface area (Å²) < 4.78 is 15.4. The van der Waals surface area contributed by atoms with E-state index in [9.17, 15) is 0 Å². The van der Waals surface area contributed by atoms with Crippen molar-refractivity contribution >= 4 is 0 Å². The Morgan fingerprint density at radius 2 is 2.00 bits per heavy atom. The number of methoxy groups -OCH3 is 2. The largest absolute Gasteiger partial charge is 0.493 e. The van der Waals surface area contributed by atoms with Crippen molar-refractivity contribution < 1.29 is 18.8 Å². The van der Waals surface area contributed by atoms with Crippen molar-refractivity contribution in [3.63, 3.8) is 0 Å². The van der Waals surface area contributed by atoms with Crippen LogP contribution in [0.4, 0.5) is 0 Å². The van der Waals surface area contributed by atoms with Gasteiger partial charge in [-0.1, -0.05) is 11.2 Å². The summed E-state index contributed by atoms with van der Waals surface area (Å²) in [5.74, 6) is 7.17. The van der Waals surface area contributed by atoms with E-state index in [4.69, 9.17) is 19.9 Å². The summed E-state index contributed by atoms with van der Waals surface area (Å²) in [7, 11) is 3.18. The molecule has 7 nitrogen and oxygen atoms in total. The van der Waals surface area contributed by atoms with Gasteiger partial charge in [0.05, 0.1) is 14.2 Å². The van der Waals surface area contributed by atoms with E-state index >= 15 is 0 Å². The van der Waals surface area contributed by atoms with E-state index in [-0.39, 0.29) is 6.61 Å². The van der Waals surface area contributed by atoms with E-state index in [0.29, 0.717) is 29.6 Å². The van der Waals surface area contributed by atoms with Crippen molar-refractivity contribution in [3.05, 3.63) is 35.5 Å². The van der Waals surface area contributed by atoms with Gasteiger partial charge in [-0.3, -0.25) is 4.84 Å². The normalized spacial score (nSPS) is 10.5. The summed E-state index contributed by atoms with van der Waals surface area (Å²) in [6, 6.07) is 5.61. The van der Waals surface area contributed by atoms with Gasteiger partial charge in [0, 0.05) is 6.42 Å². The minimum atomic E-state index is 0.0962. The molecule has 2 aromatic rings. The van der Waals surface area contributed by atoms with Crippen LogP contribution < -0.4 is 15.4 Å². The number of hydrogen-bond acceptors (Lipinski definition) is 7. The predicted molar refractivity (Wildman–Crippen MR) is 65.6 cm³/mol. The Labute approximate surface area is 110 Å². The molecule has 1 aromatic carbocycles. The van der Waals surface area contributed by atoms with Crippen LogP contribution in [0.2, 0.25) is 0 Å². The van der Waals surface area contributed by atoms with Gasteiger partial charge in [-0.15, -0.1) is 0 Å². The fraction of sp³-hybridized carbons (Fsp3) is 0.333. The summed E-state index contributed by atoms with van der Waals surface area (Å²) in [6.07, 6.45) is 0.522. The smallest absolute Gasteiger partial charge is 0.254 e. The van der Waals surface area contributed by atoms with Gasteiger partial charge in [0.2, 0.25) is 0 Å². The number of rotatable bonds is 6. The number of hydrogen-bond donors (Lipinski definition) is 1. The van der Waals surface area contributed by atoms with Gasteiger partial charge in [-0.05, 0) is 17.7 Å². The molecule has 0 saturated carbocycles. The number of aromatic nitrogens is 2. The van der Waals surface area contributed by atoms with Crippen molar-refractivity contribution in [3.8, 4) is 11.5 Å². The van der Waals surface area contributed by atoms with Gasteiger partial charge in [0.25, 0.3) is 5.89 Å². The third-order valence-corrected chi connectivity index (χ3v) is 2.53. The lowest BCUT2D eigenvalue weighted by atomic mass is 10.1. The first kappa shape index (κ1) is 13.3. The molecule has 0 aliphatic carbocycles. The third kappa shape index (κ3) is 3.21. The average molecular weight is 265 g/mol. The van der Waals surface area contributed by atoms with Crippen molar-refractivity contribution in [1.82, 2.24) is 10.1 Å². The van der Waals surface area contributed by atoms with Crippen LogP contribution in [0.1, 0.15) is 17.3 Å². The van der Waals surface area contributed by atoms with Crippen LogP contribution in [0.25, 0.3) is 0 Å². The summed E-state index contributed by atoms with van der Waals surface area (Å²) in [5, 5.41) is 3.83. The van der Waals surface area contributed by atoms with Crippen LogP contribution >= 0.6 is 0 Å². The minimum absolute atomic E-state index is 0.0962. The molecule has 2 N–H and O–H groups in total. The average Bonchev–Trinajstić information content (AvgIpc) is 2.86. The van der Waals surface area contributed by atoms with Gasteiger partial charge >= 0.3 is 0 Å². The fourth-order valence-corrected chi connectivity index (χ4v) is 1.67. The quantitative estimate of drug-likeness (QED) is 0.781. The van der Waals surface area contributed by atoms with Crippen LogP contribution in [0, 0.1) is 0 Å². The van der Waals surface area contributed by atoms with Crippen LogP contribution in [0.15, 0.2) is 22.7 Å². The molecule has 0 fully saturated rings. The van der Waals surface area contributed by atoms with Crippen molar-refractivity contribution in [1.29, 1.82) is 0 Å². The molecule has 102 valence electrons. The molecule has 19 heavy (non-hydrogen) atoms. The molecule has 0 aliphatic rings. The molecular weight excluding hydrogens is 250 g/mol. The molecule has 0 atom stereocenters. The van der Waals surface area contributed by atoms with E-state index in [0.717, 1.165) is 5.56 Å². The molecule has 0 spiro atoms. The second-order valence-corrected chi connectivity index (χ2v) is 3.78. The van der Waals surface area contributed by atoms with Crippen LogP contribution in [-0.4, -0.2) is 24.4 Å². The molecule has 1 heterocycles. The predicted octanol–water partition coefficient (Wildman–Crippen LogP) is 1.07.